The molecule has 1 heterocycles. The number of ether oxygens (including phenoxy) is 1. The van der Waals surface area contributed by atoms with Crippen molar-refractivity contribution in [3.63, 3.8) is 0 Å². The van der Waals surface area contributed by atoms with E-state index in [1.165, 1.54) is 44.9 Å². The smallest absolute Gasteiger partial charge is 0.119 e. The van der Waals surface area contributed by atoms with Gasteiger partial charge < -0.3 is 4.74 Å². The van der Waals surface area contributed by atoms with Gasteiger partial charge in [0.05, 0.1) is 5.76 Å². The lowest BCUT2D eigenvalue weighted by atomic mass is 9.92. The van der Waals surface area contributed by atoms with Gasteiger partial charge in [-0.15, -0.1) is 0 Å². The predicted molar refractivity (Wildman–Crippen MR) is 63.6 cm³/mol. The fourth-order valence-electron chi connectivity index (χ4n) is 2.51. The van der Waals surface area contributed by atoms with Crippen molar-refractivity contribution < 1.29 is 4.74 Å². The van der Waals surface area contributed by atoms with E-state index in [9.17, 15) is 0 Å². The summed E-state index contributed by atoms with van der Waals surface area (Å²) in [4.78, 5) is 0. The van der Waals surface area contributed by atoms with Crippen molar-refractivity contribution in [1.29, 1.82) is 0 Å². The Morgan fingerprint density at radius 3 is 2.93 bits per heavy atom. The molecule has 1 nitrogen and oxygen atoms in total. The molecule has 1 saturated heterocycles. The van der Waals surface area contributed by atoms with Crippen LogP contribution in [-0.4, -0.2) is 6.10 Å². The molecule has 1 fully saturated rings. The molecule has 0 radical (unpaired) electrons. The number of allylic oxidation sites excluding steroid dienone is 2. The fraction of sp³-hybridized carbons (Fsp3) is 0.714. The molecule has 0 amide bonds. The Bertz CT molecular complexity index is 265. The molecule has 0 aromatic rings. The molecular formula is C14H22O. The summed E-state index contributed by atoms with van der Waals surface area (Å²) in [5.41, 5.74) is 1.54. The molecule has 2 rings (SSSR count). The molecule has 1 heteroatoms. The molecule has 0 saturated carbocycles. The van der Waals surface area contributed by atoms with E-state index in [-0.39, 0.29) is 0 Å². The third-order valence-electron chi connectivity index (χ3n) is 3.69. The Morgan fingerprint density at radius 2 is 2.13 bits per heavy atom. The summed E-state index contributed by atoms with van der Waals surface area (Å²) in [6.07, 6.45) is 11.8. The highest BCUT2D eigenvalue weighted by molar-refractivity contribution is 5.13. The Kier molecular flexibility index (Phi) is 3.50. The normalized spacial score (nSPS) is 32.9. The lowest BCUT2D eigenvalue weighted by Crippen LogP contribution is -2.24. The van der Waals surface area contributed by atoms with E-state index in [0.29, 0.717) is 12.0 Å². The van der Waals surface area contributed by atoms with Gasteiger partial charge in [-0.05, 0) is 44.1 Å². The summed E-state index contributed by atoms with van der Waals surface area (Å²) >= 11 is 0. The minimum Gasteiger partial charge on any atom is -0.491 e. The Balaban J connectivity index is 1.98. The lowest BCUT2D eigenvalue weighted by molar-refractivity contribution is 0.0733. The topological polar surface area (TPSA) is 9.23 Å². The molecule has 84 valence electrons. The van der Waals surface area contributed by atoms with Gasteiger partial charge in [0.2, 0.25) is 0 Å². The van der Waals surface area contributed by atoms with Gasteiger partial charge >= 0.3 is 0 Å². The highest BCUT2D eigenvalue weighted by atomic mass is 16.5. The standard InChI is InChI=1S/C14H22O/c1-11-9-10-14(15-12(11)2)13-7-5-3-4-6-8-13/h7,11,14H,2-6,8-10H2,1H3/t11-,14+/m0/s1. The number of rotatable bonds is 1. The lowest BCUT2D eigenvalue weighted by Gasteiger charge is -2.31. The van der Waals surface area contributed by atoms with Crippen molar-refractivity contribution in [2.45, 2.75) is 58.0 Å². The maximum atomic E-state index is 5.93. The van der Waals surface area contributed by atoms with Crippen LogP contribution in [0, 0.1) is 5.92 Å². The van der Waals surface area contributed by atoms with Crippen molar-refractivity contribution >= 4 is 0 Å². The van der Waals surface area contributed by atoms with Crippen LogP contribution in [0.5, 0.6) is 0 Å². The van der Waals surface area contributed by atoms with Gasteiger partial charge in [-0.3, -0.25) is 0 Å². The number of hydrogen-bond acceptors (Lipinski definition) is 1. The highest BCUT2D eigenvalue weighted by Gasteiger charge is 2.25. The van der Waals surface area contributed by atoms with Crippen LogP contribution < -0.4 is 0 Å². The van der Waals surface area contributed by atoms with Crippen LogP contribution >= 0.6 is 0 Å². The van der Waals surface area contributed by atoms with Crippen LogP contribution in [0.1, 0.15) is 51.9 Å². The maximum absolute atomic E-state index is 5.93. The molecule has 0 aromatic carbocycles. The molecule has 2 atom stereocenters. The van der Waals surface area contributed by atoms with Crippen LogP contribution in [0.2, 0.25) is 0 Å². The number of hydrogen-bond donors (Lipinski definition) is 0. The van der Waals surface area contributed by atoms with Crippen molar-refractivity contribution in [1.82, 2.24) is 0 Å². The quantitative estimate of drug-likeness (QED) is 0.584. The zero-order chi connectivity index (χ0) is 10.7. The molecule has 1 aliphatic heterocycles. The summed E-state index contributed by atoms with van der Waals surface area (Å²) in [5.74, 6) is 1.55. The van der Waals surface area contributed by atoms with Crippen molar-refractivity contribution in [2.75, 3.05) is 0 Å². The van der Waals surface area contributed by atoms with Crippen molar-refractivity contribution in [3.05, 3.63) is 24.0 Å². The molecule has 0 bridgehead atoms. The molecule has 0 unspecified atom stereocenters. The third-order valence-corrected chi connectivity index (χ3v) is 3.69. The van der Waals surface area contributed by atoms with Gasteiger partial charge in [0, 0.05) is 5.92 Å². The molecule has 2 aliphatic rings. The summed E-state index contributed by atoms with van der Waals surface area (Å²) in [6.45, 7) is 6.22. The molecule has 0 aromatic heterocycles. The minimum absolute atomic E-state index is 0.354. The molecule has 0 N–H and O–H groups in total. The van der Waals surface area contributed by atoms with Crippen LogP contribution in [0.3, 0.4) is 0 Å². The predicted octanol–water partition coefficient (Wildman–Crippen LogP) is 4.21. The van der Waals surface area contributed by atoms with Gasteiger partial charge in [-0.25, -0.2) is 0 Å². The highest BCUT2D eigenvalue weighted by Crippen LogP contribution is 2.33. The zero-order valence-electron chi connectivity index (χ0n) is 9.80. The second-order valence-corrected chi connectivity index (χ2v) is 4.93. The Morgan fingerprint density at radius 1 is 1.27 bits per heavy atom. The van der Waals surface area contributed by atoms with E-state index < -0.39 is 0 Å². The first-order valence-corrected chi connectivity index (χ1v) is 6.32. The van der Waals surface area contributed by atoms with E-state index in [2.05, 4.69) is 19.6 Å². The van der Waals surface area contributed by atoms with Gasteiger partial charge in [-0.2, -0.15) is 0 Å². The van der Waals surface area contributed by atoms with Crippen molar-refractivity contribution in [2.24, 2.45) is 5.92 Å². The molecular weight excluding hydrogens is 184 g/mol. The second-order valence-electron chi connectivity index (χ2n) is 4.93. The average Bonchev–Trinajstić information content (AvgIpc) is 2.50. The van der Waals surface area contributed by atoms with E-state index in [1.54, 1.807) is 5.57 Å². The van der Waals surface area contributed by atoms with E-state index in [0.717, 1.165) is 5.76 Å². The van der Waals surface area contributed by atoms with E-state index in [1.807, 2.05) is 0 Å². The van der Waals surface area contributed by atoms with Crippen LogP contribution in [-0.2, 0) is 4.74 Å². The van der Waals surface area contributed by atoms with Gasteiger partial charge in [0.1, 0.15) is 6.10 Å². The monoisotopic (exact) mass is 206 g/mol. The Hall–Kier alpha value is -0.720. The van der Waals surface area contributed by atoms with Crippen LogP contribution in [0.4, 0.5) is 0 Å². The minimum atomic E-state index is 0.354. The second kappa shape index (κ2) is 4.87. The first-order valence-electron chi connectivity index (χ1n) is 6.32. The first kappa shape index (κ1) is 10.8. The average molecular weight is 206 g/mol. The maximum Gasteiger partial charge on any atom is 0.119 e. The van der Waals surface area contributed by atoms with Gasteiger partial charge in [0.25, 0.3) is 0 Å². The van der Waals surface area contributed by atoms with Gasteiger partial charge in [-0.1, -0.05) is 26.0 Å². The van der Waals surface area contributed by atoms with E-state index in [4.69, 9.17) is 4.74 Å². The fourth-order valence-corrected chi connectivity index (χ4v) is 2.51. The molecule has 1 aliphatic carbocycles. The van der Waals surface area contributed by atoms with Crippen LogP contribution in [0.15, 0.2) is 24.0 Å². The summed E-state index contributed by atoms with van der Waals surface area (Å²) in [5, 5.41) is 0. The third kappa shape index (κ3) is 2.64. The summed E-state index contributed by atoms with van der Waals surface area (Å²) in [7, 11) is 0. The Labute approximate surface area is 93.2 Å². The molecule has 15 heavy (non-hydrogen) atoms. The molecule has 0 spiro atoms. The van der Waals surface area contributed by atoms with Crippen molar-refractivity contribution in [3.8, 4) is 0 Å². The largest absolute Gasteiger partial charge is 0.491 e. The van der Waals surface area contributed by atoms with E-state index >= 15 is 0 Å². The summed E-state index contributed by atoms with van der Waals surface area (Å²) < 4.78 is 5.93. The zero-order valence-corrected chi connectivity index (χ0v) is 9.80. The van der Waals surface area contributed by atoms with Gasteiger partial charge in [0.15, 0.2) is 0 Å². The van der Waals surface area contributed by atoms with Crippen LogP contribution in [0.25, 0.3) is 0 Å². The first-order chi connectivity index (χ1) is 7.27. The SMILES string of the molecule is C=C1O[C@@H](C2=CCCCCC2)CC[C@@H]1C. The summed E-state index contributed by atoms with van der Waals surface area (Å²) in [6, 6.07) is 0.